The Morgan fingerprint density at radius 2 is 1.96 bits per heavy atom. The van der Waals surface area contributed by atoms with Crippen LogP contribution in [-0.2, 0) is 4.74 Å². The first-order valence-corrected chi connectivity index (χ1v) is 9.48. The molecule has 0 spiro atoms. The Hall–Kier alpha value is -1.02. The minimum Gasteiger partial charge on any atom is -0.487 e. The van der Waals surface area contributed by atoms with Crippen molar-refractivity contribution in [3.63, 3.8) is 0 Å². The molecule has 5 nitrogen and oxygen atoms in total. The molecule has 0 aromatic heterocycles. The van der Waals surface area contributed by atoms with Crippen LogP contribution >= 0.6 is 24.0 Å². The molecule has 0 radical (unpaired) electrons. The molecule has 3 rings (SSSR count). The topological polar surface area (TPSA) is 54.9 Å². The van der Waals surface area contributed by atoms with E-state index in [-0.39, 0.29) is 35.6 Å². The maximum absolute atomic E-state index is 6.13. The SMILES string of the molecule is CCNC(=NCC1CCOCC1)NC1CC(C)(C)Oc2ccccc21.I. The van der Waals surface area contributed by atoms with Crippen LogP contribution < -0.4 is 15.4 Å². The van der Waals surface area contributed by atoms with Gasteiger partial charge in [-0.15, -0.1) is 24.0 Å². The number of aliphatic imine (C=N–C) groups is 1. The molecule has 0 bridgehead atoms. The van der Waals surface area contributed by atoms with Gasteiger partial charge in [-0.25, -0.2) is 0 Å². The van der Waals surface area contributed by atoms with E-state index < -0.39 is 0 Å². The number of guanidine groups is 1. The summed E-state index contributed by atoms with van der Waals surface area (Å²) in [6.45, 7) is 9.83. The van der Waals surface area contributed by atoms with Gasteiger partial charge in [0.25, 0.3) is 0 Å². The zero-order valence-electron chi connectivity index (χ0n) is 16.1. The quantitative estimate of drug-likeness (QED) is 0.396. The molecule has 1 unspecified atom stereocenters. The van der Waals surface area contributed by atoms with Crippen molar-refractivity contribution in [3.8, 4) is 5.75 Å². The van der Waals surface area contributed by atoms with E-state index in [1.165, 1.54) is 5.56 Å². The van der Waals surface area contributed by atoms with Crippen molar-refractivity contribution in [3.05, 3.63) is 29.8 Å². The number of ether oxygens (including phenoxy) is 2. The molecule has 6 heteroatoms. The summed E-state index contributed by atoms with van der Waals surface area (Å²) in [4.78, 5) is 4.85. The van der Waals surface area contributed by atoms with E-state index in [0.717, 1.165) is 57.3 Å². The molecule has 2 heterocycles. The van der Waals surface area contributed by atoms with Crippen molar-refractivity contribution in [2.24, 2.45) is 10.9 Å². The van der Waals surface area contributed by atoms with Crippen LogP contribution in [0.1, 0.15) is 51.6 Å². The molecule has 1 fully saturated rings. The van der Waals surface area contributed by atoms with Crippen molar-refractivity contribution in [2.45, 2.75) is 51.7 Å². The van der Waals surface area contributed by atoms with Crippen LogP contribution in [0.2, 0.25) is 0 Å². The second-order valence-electron chi connectivity index (χ2n) is 7.58. The van der Waals surface area contributed by atoms with Gasteiger partial charge < -0.3 is 20.1 Å². The molecule has 0 saturated carbocycles. The minimum atomic E-state index is -0.190. The van der Waals surface area contributed by atoms with E-state index in [2.05, 4.69) is 49.6 Å². The summed E-state index contributed by atoms with van der Waals surface area (Å²) in [7, 11) is 0. The fraction of sp³-hybridized carbons (Fsp3) is 0.650. The van der Waals surface area contributed by atoms with Gasteiger partial charge in [0.2, 0.25) is 0 Å². The number of benzene rings is 1. The number of para-hydroxylation sites is 1. The lowest BCUT2D eigenvalue weighted by molar-refractivity contribution is 0.0679. The van der Waals surface area contributed by atoms with Crippen molar-refractivity contribution < 1.29 is 9.47 Å². The fourth-order valence-corrected chi connectivity index (χ4v) is 3.57. The first kappa shape index (κ1) is 21.3. The van der Waals surface area contributed by atoms with Gasteiger partial charge in [-0.05, 0) is 45.6 Å². The zero-order chi connectivity index (χ0) is 17.7. The van der Waals surface area contributed by atoms with Crippen molar-refractivity contribution in [1.29, 1.82) is 0 Å². The standard InChI is InChI=1S/C20H31N3O2.HI/c1-4-21-19(22-14-15-9-11-24-12-10-15)23-17-13-20(2,3)25-18-8-6-5-7-16(17)18;/h5-8,15,17H,4,9-14H2,1-3H3,(H2,21,22,23);1H. The summed E-state index contributed by atoms with van der Waals surface area (Å²) >= 11 is 0. The number of halogens is 1. The average molecular weight is 473 g/mol. The first-order valence-electron chi connectivity index (χ1n) is 9.48. The predicted octanol–water partition coefficient (Wildman–Crippen LogP) is 3.89. The lowest BCUT2D eigenvalue weighted by Crippen LogP contribution is -2.45. The highest BCUT2D eigenvalue weighted by atomic mass is 127. The Morgan fingerprint density at radius 1 is 1.23 bits per heavy atom. The number of hydrogen-bond acceptors (Lipinski definition) is 3. The Balaban J connectivity index is 0.00000243. The van der Waals surface area contributed by atoms with E-state index >= 15 is 0 Å². The monoisotopic (exact) mass is 473 g/mol. The van der Waals surface area contributed by atoms with Crippen LogP contribution in [0.25, 0.3) is 0 Å². The van der Waals surface area contributed by atoms with Gasteiger partial charge in [-0.1, -0.05) is 18.2 Å². The second-order valence-corrected chi connectivity index (χ2v) is 7.58. The average Bonchev–Trinajstić information content (AvgIpc) is 2.60. The van der Waals surface area contributed by atoms with E-state index in [1.54, 1.807) is 0 Å². The highest BCUT2D eigenvalue weighted by molar-refractivity contribution is 14.0. The highest BCUT2D eigenvalue weighted by Crippen LogP contribution is 2.39. The summed E-state index contributed by atoms with van der Waals surface area (Å²) in [5.74, 6) is 2.49. The maximum Gasteiger partial charge on any atom is 0.191 e. The third-order valence-corrected chi connectivity index (χ3v) is 4.88. The zero-order valence-corrected chi connectivity index (χ0v) is 18.4. The summed E-state index contributed by atoms with van der Waals surface area (Å²) in [5.41, 5.74) is 1.02. The van der Waals surface area contributed by atoms with Crippen LogP contribution in [0.15, 0.2) is 29.3 Å². The van der Waals surface area contributed by atoms with E-state index in [4.69, 9.17) is 14.5 Å². The smallest absolute Gasteiger partial charge is 0.191 e. The second kappa shape index (κ2) is 9.78. The van der Waals surface area contributed by atoms with Gasteiger partial charge in [-0.2, -0.15) is 0 Å². The predicted molar refractivity (Wildman–Crippen MR) is 117 cm³/mol. The van der Waals surface area contributed by atoms with Crippen LogP contribution in [0.3, 0.4) is 0 Å². The Morgan fingerprint density at radius 3 is 2.69 bits per heavy atom. The largest absolute Gasteiger partial charge is 0.487 e. The number of rotatable bonds is 4. The van der Waals surface area contributed by atoms with E-state index in [9.17, 15) is 0 Å². The molecule has 146 valence electrons. The van der Waals surface area contributed by atoms with Crippen LogP contribution in [0.5, 0.6) is 5.75 Å². The summed E-state index contributed by atoms with van der Waals surface area (Å²) < 4.78 is 11.6. The summed E-state index contributed by atoms with van der Waals surface area (Å²) in [6.07, 6.45) is 3.12. The third-order valence-electron chi connectivity index (χ3n) is 4.88. The number of hydrogen-bond donors (Lipinski definition) is 2. The van der Waals surface area contributed by atoms with Crippen molar-refractivity contribution in [1.82, 2.24) is 10.6 Å². The molecule has 1 aromatic carbocycles. The van der Waals surface area contributed by atoms with Crippen LogP contribution in [-0.4, -0.2) is 37.9 Å². The van der Waals surface area contributed by atoms with Gasteiger partial charge >= 0.3 is 0 Å². The Bertz CT molecular complexity index is 600. The lowest BCUT2D eigenvalue weighted by atomic mass is 9.90. The summed E-state index contributed by atoms with van der Waals surface area (Å²) in [5, 5.41) is 7.03. The molecule has 0 aliphatic carbocycles. The van der Waals surface area contributed by atoms with Gasteiger partial charge in [0, 0.05) is 38.3 Å². The molecule has 2 aliphatic heterocycles. The third kappa shape index (κ3) is 5.74. The Labute approximate surface area is 174 Å². The first-order chi connectivity index (χ1) is 12.1. The minimum absolute atomic E-state index is 0. The molecule has 1 saturated heterocycles. The lowest BCUT2D eigenvalue weighted by Gasteiger charge is -2.38. The van der Waals surface area contributed by atoms with Gasteiger partial charge in [0.1, 0.15) is 11.4 Å². The molecule has 1 aromatic rings. The van der Waals surface area contributed by atoms with Crippen molar-refractivity contribution in [2.75, 3.05) is 26.3 Å². The molecular weight excluding hydrogens is 441 g/mol. The van der Waals surface area contributed by atoms with Crippen molar-refractivity contribution >= 4 is 29.9 Å². The van der Waals surface area contributed by atoms with Crippen LogP contribution in [0, 0.1) is 5.92 Å². The van der Waals surface area contributed by atoms with Gasteiger partial charge in [0.15, 0.2) is 5.96 Å². The summed E-state index contributed by atoms with van der Waals surface area (Å²) in [6, 6.07) is 8.50. The molecule has 2 N–H and O–H groups in total. The van der Waals surface area contributed by atoms with E-state index in [1.807, 2.05) is 6.07 Å². The normalized spacial score (nSPS) is 22.6. The maximum atomic E-state index is 6.13. The molecule has 1 atom stereocenters. The molecule has 0 amide bonds. The number of nitrogens with one attached hydrogen (secondary N) is 2. The van der Waals surface area contributed by atoms with Gasteiger partial charge in [-0.3, -0.25) is 4.99 Å². The fourth-order valence-electron chi connectivity index (χ4n) is 3.57. The number of nitrogens with zero attached hydrogens (tertiary/aromatic N) is 1. The van der Waals surface area contributed by atoms with E-state index in [0.29, 0.717) is 5.92 Å². The molecule has 26 heavy (non-hydrogen) atoms. The van der Waals surface area contributed by atoms with Crippen LogP contribution in [0.4, 0.5) is 0 Å². The Kier molecular flexibility index (Phi) is 8.01. The van der Waals surface area contributed by atoms with Gasteiger partial charge in [0.05, 0.1) is 6.04 Å². The molecule has 2 aliphatic rings. The number of fused-ring (bicyclic) bond motifs is 1. The highest BCUT2D eigenvalue weighted by Gasteiger charge is 2.34. The molecular formula is C20H32IN3O2.